The van der Waals surface area contributed by atoms with Gasteiger partial charge in [-0.25, -0.2) is 4.98 Å². The van der Waals surface area contributed by atoms with Gasteiger partial charge in [0.05, 0.1) is 24.7 Å². The molecule has 2 atom stereocenters. The number of imidazole rings is 1. The second-order valence-corrected chi connectivity index (χ2v) is 5.32. The first-order valence-corrected chi connectivity index (χ1v) is 6.56. The van der Waals surface area contributed by atoms with E-state index in [0.717, 1.165) is 12.8 Å². The molecule has 1 aromatic heterocycles. The monoisotopic (exact) mass is 237 g/mol. The zero-order chi connectivity index (χ0) is 12.4. The predicted molar refractivity (Wildman–Crippen MR) is 67.8 cm³/mol. The quantitative estimate of drug-likeness (QED) is 0.829. The van der Waals surface area contributed by atoms with Crippen LogP contribution in [0.3, 0.4) is 0 Å². The number of aliphatic hydroxyl groups is 1. The second-order valence-electron chi connectivity index (χ2n) is 5.32. The van der Waals surface area contributed by atoms with Gasteiger partial charge in [0.2, 0.25) is 0 Å². The molecule has 96 valence electrons. The van der Waals surface area contributed by atoms with Gasteiger partial charge >= 0.3 is 0 Å². The topological polar surface area (TPSA) is 64.1 Å². The van der Waals surface area contributed by atoms with Crippen molar-refractivity contribution in [3.05, 3.63) is 17.7 Å². The van der Waals surface area contributed by atoms with E-state index in [4.69, 9.17) is 5.73 Å². The van der Waals surface area contributed by atoms with Crippen LogP contribution in [0.5, 0.6) is 0 Å². The molecule has 0 radical (unpaired) electrons. The molecule has 0 aliphatic heterocycles. The van der Waals surface area contributed by atoms with Crippen LogP contribution in [0, 0.1) is 5.92 Å². The summed E-state index contributed by atoms with van der Waals surface area (Å²) in [5.41, 5.74) is 8.67. The van der Waals surface area contributed by atoms with Gasteiger partial charge in [0, 0.05) is 11.7 Å². The first-order valence-electron chi connectivity index (χ1n) is 6.56. The number of rotatable bonds is 4. The zero-order valence-corrected chi connectivity index (χ0v) is 10.8. The molecular formula is C13H23N3O. The van der Waals surface area contributed by atoms with Crippen molar-refractivity contribution in [3.63, 3.8) is 0 Å². The van der Waals surface area contributed by atoms with Crippen molar-refractivity contribution in [2.45, 2.75) is 51.6 Å². The molecule has 1 aromatic rings. The highest BCUT2D eigenvalue weighted by Crippen LogP contribution is 2.25. The molecule has 4 heteroatoms. The molecule has 2 rings (SSSR count). The fourth-order valence-electron chi connectivity index (χ4n) is 2.62. The van der Waals surface area contributed by atoms with Crippen LogP contribution in [0.2, 0.25) is 0 Å². The first-order chi connectivity index (χ1) is 8.15. The normalized spacial score (nSPS) is 19.1. The molecule has 0 aromatic carbocycles. The van der Waals surface area contributed by atoms with Crippen molar-refractivity contribution in [2.75, 3.05) is 6.61 Å². The van der Waals surface area contributed by atoms with Crippen LogP contribution in [-0.4, -0.2) is 27.3 Å². The smallest absolute Gasteiger partial charge is 0.0955 e. The van der Waals surface area contributed by atoms with E-state index >= 15 is 0 Å². The van der Waals surface area contributed by atoms with Crippen LogP contribution in [0.4, 0.5) is 0 Å². The summed E-state index contributed by atoms with van der Waals surface area (Å²) in [5.74, 6) is 0.355. The van der Waals surface area contributed by atoms with E-state index in [1.54, 1.807) is 0 Å². The molecule has 1 heterocycles. The maximum absolute atomic E-state index is 9.59. The summed E-state index contributed by atoms with van der Waals surface area (Å²) in [5, 5.41) is 9.59. The molecule has 17 heavy (non-hydrogen) atoms. The third-order valence-electron chi connectivity index (χ3n) is 3.82. The van der Waals surface area contributed by atoms with Crippen molar-refractivity contribution < 1.29 is 5.11 Å². The minimum atomic E-state index is -0.0376. The van der Waals surface area contributed by atoms with Gasteiger partial charge in [-0.1, -0.05) is 13.8 Å². The molecule has 4 nitrogen and oxygen atoms in total. The number of aryl methyl sites for hydroxylation is 1. The Morgan fingerprint density at radius 1 is 1.41 bits per heavy atom. The van der Waals surface area contributed by atoms with E-state index in [-0.39, 0.29) is 18.7 Å². The van der Waals surface area contributed by atoms with Crippen LogP contribution >= 0.6 is 0 Å². The zero-order valence-electron chi connectivity index (χ0n) is 10.8. The lowest BCUT2D eigenvalue weighted by atomic mass is 9.96. The fraction of sp³-hybridized carbons (Fsp3) is 0.769. The number of hydrogen-bond acceptors (Lipinski definition) is 3. The molecule has 1 aliphatic rings. The molecule has 1 aliphatic carbocycles. The van der Waals surface area contributed by atoms with E-state index in [1.165, 1.54) is 24.2 Å². The van der Waals surface area contributed by atoms with E-state index in [9.17, 15) is 5.11 Å². The number of aliphatic hydroxyl groups excluding tert-OH is 1. The molecule has 0 saturated carbocycles. The summed E-state index contributed by atoms with van der Waals surface area (Å²) in [6.07, 6.45) is 6.44. The molecule has 0 spiro atoms. The van der Waals surface area contributed by atoms with Gasteiger partial charge in [0.25, 0.3) is 0 Å². The Balaban J connectivity index is 2.28. The lowest BCUT2D eigenvalue weighted by Crippen LogP contribution is -2.39. The van der Waals surface area contributed by atoms with Gasteiger partial charge in [-0.3, -0.25) is 0 Å². The van der Waals surface area contributed by atoms with Gasteiger partial charge in [0.15, 0.2) is 0 Å². The molecule has 3 N–H and O–H groups in total. The number of nitrogens with zero attached hydrogens (tertiary/aromatic N) is 2. The van der Waals surface area contributed by atoms with Gasteiger partial charge in [-0.15, -0.1) is 0 Å². The minimum Gasteiger partial charge on any atom is -0.394 e. The van der Waals surface area contributed by atoms with E-state index in [0.29, 0.717) is 5.92 Å². The summed E-state index contributed by atoms with van der Waals surface area (Å²) in [4.78, 5) is 4.46. The lowest BCUT2D eigenvalue weighted by molar-refractivity contribution is 0.186. The van der Waals surface area contributed by atoms with E-state index in [2.05, 4.69) is 23.4 Å². The van der Waals surface area contributed by atoms with Crippen molar-refractivity contribution in [3.8, 4) is 0 Å². The highest BCUT2D eigenvalue weighted by molar-refractivity contribution is 5.17. The standard InChI is InChI=1S/C13H23N3O/c1-9(2)13(14)12(7-17)16-8-15-10-5-3-4-6-11(10)16/h8-9,12-13,17H,3-7,14H2,1-2H3. The molecule has 0 bridgehead atoms. The largest absolute Gasteiger partial charge is 0.394 e. The second kappa shape index (κ2) is 5.19. The summed E-state index contributed by atoms with van der Waals surface area (Å²) in [6.45, 7) is 4.27. The summed E-state index contributed by atoms with van der Waals surface area (Å²) in [6, 6.07) is -0.0652. The Kier molecular flexibility index (Phi) is 3.84. The van der Waals surface area contributed by atoms with Crippen molar-refractivity contribution in [2.24, 2.45) is 11.7 Å². The van der Waals surface area contributed by atoms with Crippen LogP contribution < -0.4 is 5.73 Å². The number of fused-ring (bicyclic) bond motifs is 1. The molecular weight excluding hydrogens is 214 g/mol. The Hall–Kier alpha value is -0.870. The van der Waals surface area contributed by atoms with Crippen LogP contribution in [0.1, 0.15) is 44.1 Å². The SMILES string of the molecule is CC(C)C(N)C(CO)n1cnc2c1CCCC2. The first kappa shape index (κ1) is 12.6. The number of aromatic nitrogens is 2. The third-order valence-corrected chi connectivity index (χ3v) is 3.82. The van der Waals surface area contributed by atoms with Gasteiger partial charge in [-0.2, -0.15) is 0 Å². The molecule has 2 unspecified atom stereocenters. The Bertz CT molecular complexity index is 373. The van der Waals surface area contributed by atoms with Gasteiger partial charge in [0.1, 0.15) is 0 Å². The summed E-state index contributed by atoms with van der Waals surface area (Å²) >= 11 is 0. The average Bonchev–Trinajstić information content (AvgIpc) is 2.74. The van der Waals surface area contributed by atoms with Crippen LogP contribution in [0.25, 0.3) is 0 Å². The lowest BCUT2D eigenvalue weighted by Gasteiger charge is -2.28. The van der Waals surface area contributed by atoms with Crippen molar-refractivity contribution in [1.82, 2.24) is 9.55 Å². The average molecular weight is 237 g/mol. The Morgan fingerprint density at radius 3 is 2.76 bits per heavy atom. The molecule has 0 fully saturated rings. The predicted octanol–water partition coefficient (Wildman–Crippen LogP) is 1.28. The highest BCUT2D eigenvalue weighted by atomic mass is 16.3. The Morgan fingerprint density at radius 2 is 2.12 bits per heavy atom. The number of hydrogen-bond donors (Lipinski definition) is 2. The minimum absolute atomic E-state index is 0.0276. The molecule has 0 amide bonds. The highest BCUT2D eigenvalue weighted by Gasteiger charge is 2.26. The van der Waals surface area contributed by atoms with Crippen molar-refractivity contribution in [1.29, 1.82) is 0 Å². The van der Waals surface area contributed by atoms with Crippen LogP contribution in [0.15, 0.2) is 6.33 Å². The maximum atomic E-state index is 9.59. The third kappa shape index (κ3) is 2.38. The molecule has 0 saturated heterocycles. The van der Waals surface area contributed by atoms with Gasteiger partial charge in [-0.05, 0) is 31.6 Å². The van der Waals surface area contributed by atoms with Gasteiger partial charge < -0.3 is 15.4 Å². The van der Waals surface area contributed by atoms with E-state index in [1.807, 2.05) is 6.33 Å². The number of nitrogens with two attached hydrogens (primary N) is 1. The van der Waals surface area contributed by atoms with Crippen molar-refractivity contribution >= 4 is 0 Å². The summed E-state index contributed by atoms with van der Waals surface area (Å²) in [7, 11) is 0. The Labute approximate surface area is 103 Å². The fourth-order valence-corrected chi connectivity index (χ4v) is 2.62. The summed E-state index contributed by atoms with van der Waals surface area (Å²) < 4.78 is 2.11. The van der Waals surface area contributed by atoms with E-state index < -0.39 is 0 Å². The van der Waals surface area contributed by atoms with Crippen LogP contribution in [-0.2, 0) is 12.8 Å². The maximum Gasteiger partial charge on any atom is 0.0955 e.